The zero-order valence-electron chi connectivity index (χ0n) is 11.1. The fraction of sp³-hybridized carbons (Fsp3) is 0.917. The highest BCUT2D eigenvalue weighted by Crippen LogP contribution is 2.35. The van der Waals surface area contributed by atoms with Crippen molar-refractivity contribution in [3.8, 4) is 6.07 Å². The first kappa shape index (κ1) is 14.5. The molecule has 1 rings (SSSR count). The summed E-state index contributed by atoms with van der Waals surface area (Å²) in [6, 6.07) is 1.81. The molecule has 17 heavy (non-hydrogen) atoms. The second-order valence-electron chi connectivity index (χ2n) is 5.86. The van der Waals surface area contributed by atoms with Crippen LogP contribution in [-0.2, 0) is 10.0 Å². The second-order valence-corrected chi connectivity index (χ2v) is 8.11. The fourth-order valence-electron chi connectivity index (χ4n) is 2.27. The van der Waals surface area contributed by atoms with Crippen molar-refractivity contribution >= 4 is 10.0 Å². The minimum absolute atomic E-state index is 0.233. The van der Waals surface area contributed by atoms with Crippen LogP contribution in [0.2, 0.25) is 0 Å². The minimum Gasteiger partial charge on any atom is -0.211 e. The lowest BCUT2D eigenvalue weighted by Gasteiger charge is -2.38. The molecule has 1 aliphatic heterocycles. The van der Waals surface area contributed by atoms with Crippen LogP contribution in [0.15, 0.2) is 0 Å². The first-order chi connectivity index (χ1) is 7.69. The second kappa shape index (κ2) is 4.95. The Labute approximate surface area is 105 Å². The summed E-state index contributed by atoms with van der Waals surface area (Å²) < 4.78 is 25.4. The molecule has 4 nitrogen and oxygen atoms in total. The lowest BCUT2D eigenvalue weighted by atomic mass is 9.76. The summed E-state index contributed by atoms with van der Waals surface area (Å²) >= 11 is 0. The summed E-state index contributed by atoms with van der Waals surface area (Å²) in [5.41, 5.74) is 0.233. The van der Waals surface area contributed by atoms with Gasteiger partial charge in [0.05, 0.1) is 6.07 Å². The summed E-state index contributed by atoms with van der Waals surface area (Å²) in [6.07, 6.45) is 1.78. The lowest BCUT2D eigenvalue weighted by molar-refractivity contribution is 0.154. The van der Waals surface area contributed by atoms with Gasteiger partial charge in [-0.25, -0.2) is 12.7 Å². The van der Waals surface area contributed by atoms with Gasteiger partial charge in [-0.2, -0.15) is 5.26 Å². The number of rotatable bonds is 2. The highest BCUT2D eigenvalue weighted by Gasteiger charge is 2.35. The van der Waals surface area contributed by atoms with Crippen molar-refractivity contribution in [2.24, 2.45) is 11.3 Å². The molecular formula is C12H22N2O2S. The topological polar surface area (TPSA) is 61.2 Å². The molecule has 1 fully saturated rings. The SMILES string of the molecule is CC(C#N)S(=O)(=O)N1CCC(C(C)(C)C)CC1. The predicted molar refractivity (Wildman–Crippen MR) is 67.7 cm³/mol. The molecule has 0 N–H and O–H groups in total. The van der Waals surface area contributed by atoms with E-state index in [0.717, 1.165) is 12.8 Å². The van der Waals surface area contributed by atoms with Gasteiger partial charge in [-0.1, -0.05) is 20.8 Å². The van der Waals surface area contributed by atoms with Gasteiger partial charge in [0.15, 0.2) is 5.25 Å². The monoisotopic (exact) mass is 258 g/mol. The van der Waals surface area contributed by atoms with Gasteiger partial charge in [-0.05, 0) is 31.1 Å². The van der Waals surface area contributed by atoms with E-state index >= 15 is 0 Å². The summed E-state index contributed by atoms with van der Waals surface area (Å²) in [5.74, 6) is 0.561. The standard InChI is InChI=1S/C12H22N2O2S/c1-10(9-13)17(15,16)14-7-5-11(6-8-14)12(2,3)4/h10-11H,5-8H2,1-4H3. The van der Waals surface area contributed by atoms with Crippen molar-refractivity contribution in [1.29, 1.82) is 5.26 Å². The fourth-order valence-corrected chi connectivity index (χ4v) is 3.57. The van der Waals surface area contributed by atoms with E-state index in [1.807, 2.05) is 6.07 Å². The smallest absolute Gasteiger partial charge is 0.211 e. The van der Waals surface area contributed by atoms with Crippen LogP contribution in [0.5, 0.6) is 0 Å². The number of nitriles is 1. The van der Waals surface area contributed by atoms with Crippen LogP contribution in [0.4, 0.5) is 0 Å². The van der Waals surface area contributed by atoms with E-state index in [1.165, 1.54) is 11.2 Å². The highest BCUT2D eigenvalue weighted by molar-refractivity contribution is 7.89. The van der Waals surface area contributed by atoms with Gasteiger partial charge in [0, 0.05) is 13.1 Å². The molecule has 0 aliphatic carbocycles. The Morgan fingerprint density at radius 3 is 2.12 bits per heavy atom. The van der Waals surface area contributed by atoms with Crippen molar-refractivity contribution in [3.05, 3.63) is 0 Å². The van der Waals surface area contributed by atoms with Crippen molar-refractivity contribution in [1.82, 2.24) is 4.31 Å². The van der Waals surface area contributed by atoms with Crippen molar-refractivity contribution < 1.29 is 8.42 Å². The zero-order chi connectivity index (χ0) is 13.3. The van der Waals surface area contributed by atoms with Crippen LogP contribution in [0.3, 0.4) is 0 Å². The molecule has 0 aromatic carbocycles. The van der Waals surface area contributed by atoms with E-state index in [9.17, 15) is 8.42 Å². The minimum atomic E-state index is -3.41. The van der Waals surface area contributed by atoms with Gasteiger partial charge in [0.25, 0.3) is 0 Å². The Morgan fingerprint density at radius 1 is 1.29 bits per heavy atom. The third-order valence-electron chi connectivity index (χ3n) is 3.67. The zero-order valence-corrected chi connectivity index (χ0v) is 11.9. The molecule has 5 heteroatoms. The molecule has 0 amide bonds. The van der Waals surface area contributed by atoms with Crippen LogP contribution < -0.4 is 0 Å². The third-order valence-corrected chi connectivity index (χ3v) is 5.75. The van der Waals surface area contributed by atoms with Gasteiger partial charge >= 0.3 is 0 Å². The Bertz CT molecular complexity index is 395. The quantitative estimate of drug-likeness (QED) is 0.761. The number of piperidine rings is 1. The number of nitrogens with zero attached hydrogens (tertiary/aromatic N) is 2. The van der Waals surface area contributed by atoms with E-state index < -0.39 is 15.3 Å². The van der Waals surface area contributed by atoms with Gasteiger partial charge in [-0.3, -0.25) is 0 Å². The molecule has 1 unspecified atom stereocenters. The summed E-state index contributed by atoms with van der Waals surface area (Å²) in [7, 11) is -3.41. The number of sulfonamides is 1. The van der Waals surface area contributed by atoms with Gasteiger partial charge in [0.1, 0.15) is 0 Å². The molecule has 1 saturated heterocycles. The average molecular weight is 258 g/mol. The van der Waals surface area contributed by atoms with E-state index in [0.29, 0.717) is 19.0 Å². The molecule has 98 valence electrons. The van der Waals surface area contributed by atoms with Gasteiger partial charge < -0.3 is 0 Å². The Kier molecular flexibility index (Phi) is 4.21. The van der Waals surface area contributed by atoms with Crippen LogP contribution in [0, 0.1) is 22.7 Å². The highest BCUT2D eigenvalue weighted by atomic mass is 32.2. The third kappa shape index (κ3) is 3.20. The molecule has 0 saturated carbocycles. The molecule has 0 aromatic heterocycles. The summed E-state index contributed by atoms with van der Waals surface area (Å²) in [6.45, 7) is 9.14. The van der Waals surface area contributed by atoms with Crippen molar-refractivity contribution in [2.75, 3.05) is 13.1 Å². The number of hydrogen-bond acceptors (Lipinski definition) is 3. The van der Waals surface area contributed by atoms with E-state index in [-0.39, 0.29) is 5.41 Å². The Morgan fingerprint density at radius 2 is 1.76 bits per heavy atom. The summed E-state index contributed by atoms with van der Waals surface area (Å²) in [4.78, 5) is 0. The van der Waals surface area contributed by atoms with Gasteiger partial charge in [-0.15, -0.1) is 0 Å². The number of hydrogen-bond donors (Lipinski definition) is 0. The van der Waals surface area contributed by atoms with Gasteiger partial charge in [0.2, 0.25) is 10.0 Å². The molecule has 1 atom stereocenters. The molecule has 1 heterocycles. The maximum Gasteiger partial charge on any atom is 0.230 e. The molecule has 0 radical (unpaired) electrons. The van der Waals surface area contributed by atoms with Crippen molar-refractivity contribution in [3.63, 3.8) is 0 Å². The van der Waals surface area contributed by atoms with Crippen LogP contribution >= 0.6 is 0 Å². The molecular weight excluding hydrogens is 236 g/mol. The van der Waals surface area contributed by atoms with E-state index in [4.69, 9.17) is 5.26 Å². The van der Waals surface area contributed by atoms with E-state index in [1.54, 1.807) is 0 Å². The van der Waals surface area contributed by atoms with Crippen LogP contribution in [0.1, 0.15) is 40.5 Å². The van der Waals surface area contributed by atoms with Crippen LogP contribution in [-0.4, -0.2) is 31.1 Å². The molecule has 0 spiro atoms. The first-order valence-corrected chi connectivity index (χ1v) is 7.58. The van der Waals surface area contributed by atoms with E-state index in [2.05, 4.69) is 20.8 Å². The molecule has 0 bridgehead atoms. The Balaban J connectivity index is 2.68. The molecule has 0 aromatic rings. The van der Waals surface area contributed by atoms with Crippen LogP contribution in [0.25, 0.3) is 0 Å². The average Bonchev–Trinajstić information content (AvgIpc) is 2.27. The maximum atomic E-state index is 12.0. The predicted octanol–water partition coefficient (Wildman–Crippen LogP) is 1.99. The lowest BCUT2D eigenvalue weighted by Crippen LogP contribution is -2.44. The Hall–Kier alpha value is -0.600. The summed E-state index contributed by atoms with van der Waals surface area (Å²) in [5, 5.41) is 7.79. The largest absolute Gasteiger partial charge is 0.230 e. The molecule has 1 aliphatic rings. The first-order valence-electron chi connectivity index (χ1n) is 6.08. The maximum absolute atomic E-state index is 12.0. The van der Waals surface area contributed by atoms with Crippen molar-refractivity contribution in [2.45, 2.75) is 45.8 Å². The normalized spacial score (nSPS) is 22.1.